The molecule has 34 heavy (non-hydrogen) atoms. The Kier molecular flexibility index (Phi) is 4.47. The Morgan fingerprint density at radius 2 is 2.00 bits per heavy atom. The van der Waals surface area contributed by atoms with Crippen LogP contribution in [0.5, 0.6) is 0 Å². The lowest BCUT2D eigenvalue weighted by molar-refractivity contribution is 0.641. The van der Waals surface area contributed by atoms with Crippen molar-refractivity contribution in [3.05, 3.63) is 71.9 Å². The van der Waals surface area contributed by atoms with Gasteiger partial charge in [-0.15, -0.1) is 0 Å². The quantitative estimate of drug-likeness (QED) is 0.488. The average Bonchev–Trinajstić information content (AvgIpc) is 3.39. The minimum Gasteiger partial charge on any atom is -0.383 e. The molecule has 0 aliphatic carbocycles. The second kappa shape index (κ2) is 7.55. The van der Waals surface area contributed by atoms with Gasteiger partial charge >= 0.3 is 0 Å². The molecule has 10 nitrogen and oxygen atoms in total. The normalized spacial score (nSPS) is 15.5. The number of allylic oxidation sites excluding steroid dienone is 2. The molecular formula is C24H24N10. The Morgan fingerprint density at radius 3 is 2.88 bits per heavy atom. The highest BCUT2D eigenvalue weighted by Gasteiger charge is 2.19. The summed E-state index contributed by atoms with van der Waals surface area (Å²) in [5, 5.41) is 9.79. The maximum absolute atomic E-state index is 6.28. The minimum absolute atomic E-state index is 0.416. The van der Waals surface area contributed by atoms with Crippen LogP contribution in [-0.4, -0.2) is 35.6 Å². The molecule has 0 fully saturated rings. The van der Waals surface area contributed by atoms with Gasteiger partial charge in [-0.05, 0) is 36.9 Å². The maximum Gasteiger partial charge on any atom is 0.153 e. The molecule has 0 atom stereocenters. The van der Waals surface area contributed by atoms with Gasteiger partial charge in [-0.25, -0.2) is 19.9 Å². The lowest BCUT2D eigenvalue weighted by Crippen LogP contribution is -2.24. The van der Waals surface area contributed by atoms with Crippen molar-refractivity contribution in [2.75, 3.05) is 16.0 Å². The number of hydrogen-bond donors (Lipinski definition) is 2. The molecule has 0 saturated carbocycles. The van der Waals surface area contributed by atoms with E-state index in [1.165, 1.54) is 0 Å². The van der Waals surface area contributed by atoms with Crippen LogP contribution < -0.4 is 16.0 Å². The largest absolute Gasteiger partial charge is 0.383 e. The Hall–Kier alpha value is -4.47. The molecule has 4 aromatic heterocycles. The lowest BCUT2D eigenvalue weighted by atomic mass is 10.1. The number of nitrogens with zero attached hydrogens (tertiary/aromatic N) is 8. The molecule has 0 aromatic carbocycles. The molecule has 0 unspecified atom stereocenters. The molecule has 2 aliphatic heterocycles. The highest BCUT2D eigenvalue weighted by molar-refractivity contribution is 5.96. The van der Waals surface area contributed by atoms with E-state index in [2.05, 4.69) is 42.5 Å². The van der Waals surface area contributed by atoms with Crippen LogP contribution in [0.15, 0.2) is 65.3 Å². The van der Waals surface area contributed by atoms with Crippen molar-refractivity contribution in [1.82, 2.24) is 29.3 Å². The van der Waals surface area contributed by atoms with E-state index >= 15 is 0 Å². The summed E-state index contributed by atoms with van der Waals surface area (Å²) < 4.78 is 4.17. The van der Waals surface area contributed by atoms with E-state index in [1.807, 2.05) is 48.0 Å². The van der Waals surface area contributed by atoms with Crippen molar-refractivity contribution < 1.29 is 0 Å². The molecule has 2 aliphatic rings. The van der Waals surface area contributed by atoms with Gasteiger partial charge in [0.1, 0.15) is 29.6 Å². The van der Waals surface area contributed by atoms with Crippen molar-refractivity contribution in [1.29, 1.82) is 0 Å². The highest BCUT2D eigenvalue weighted by Crippen LogP contribution is 2.31. The van der Waals surface area contributed by atoms with Gasteiger partial charge < -0.3 is 15.6 Å². The SMILES string of the molecule is C=C1N=CN(c2cc3cc(Nc4cc5n(n4)Cc4nccn4CC5)ncc3c(N)n2)C(C)=C1C. The number of pyridine rings is 2. The van der Waals surface area contributed by atoms with Crippen molar-refractivity contribution in [2.24, 2.45) is 4.99 Å². The first kappa shape index (κ1) is 20.2. The van der Waals surface area contributed by atoms with Gasteiger partial charge in [0.15, 0.2) is 5.82 Å². The van der Waals surface area contributed by atoms with E-state index < -0.39 is 0 Å². The summed E-state index contributed by atoms with van der Waals surface area (Å²) in [7, 11) is 0. The van der Waals surface area contributed by atoms with Crippen molar-refractivity contribution in [3.8, 4) is 0 Å². The molecule has 4 aromatic rings. The summed E-state index contributed by atoms with van der Waals surface area (Å²) in [5.74, 6) is 3.55. The third-order valence-electron chi connectivity index (χ3n) is 6.47. The number of imidazole rings is 1. The summed E-state index contributed by atoms with van der Waals surface area (Å²) in [5.41, 5.74) is 10.2. The smallest absolute Gasteiger partial charge is 0.153 e. The number of fused-ring (bicyclic) bond motifs is 3. The average molecular weight is 453 g/mol. The van der Waals surface area contributed by atoms with E-state index in [4.69, 9.17) is 10.8 Å². The van der Waals surface area contributed by atoms with Gasteiger partial charge in [-0.1, -0.05) is 6.58 Å². The molecule has 170 valence electrons. The number of nitrogens with two attached hydrogens (primary N) is 1. The maximum atomic E-state index is 6.28. The molecule has 0 amide bonds. The number of anilines is 4. The van der Waals surface area contributed by atoms with Crippen LogP contribution in [0, 0.1) is 0 Å². The molecule has 0 bridgehead atoms. The van der Waals surface area contributed by atoms with Crippen molar-refractivity contribution in [3.63, 3.8) is 0 Å². The molecule has 0 radical (unpaired) electrons. The van der Waals surface area contributed by atoms with Gasteiger partial charge in [0, 0.05) is 54.4 Å². The first-order valence-corrected chi connectivity index (χ1v) is 11.1. The summed E-state index contributed by atoms with van der Waals surface area (Å²) >= 11 is 0. The molecule has 3 N–H and O–H groups in total. The van der Waals surface area contributed by atoms with Crippen LogP contribution in [0.2, 0.25) is 0 Å². The zero-order chi connectivity index (χ0) is 23.4. The third kappa shape index (κ3) is 3.31. The van der Waals surface area contributed by atoms with Crippen LogP contribution in [0.1, 0.15) is 25.4 Å². The summed E-state index contributed by atoms with van der Waals surface area (Å²) in [6.07, 6.45) is 8.20. The lowest BCUT2D eigenvalue weighted by Gasteiger charge is -2.25. The number of aryl methyl sites for hydroxylation is 2. The second-order valence-electron chi connectivity index (χ2n) is 8.52. The molecule has 0 saturated heterocycles. The van der Waals surface area contributed by atoms with Gasteiger partial charge in [0.2, 0.25) is 0 Å². The molecule has 0 spiro atoms. The zero-order valence-electron chi connectivity index (χ0n) is 19.0. The predicted octanol–water partition coefficient (Wildman–Crippen LogP) is 3.61. The van der Waals surface area contributed by atoms with E-state index in [0.29, 0.717) is 24.0 Å². The fraction of sp³-hybridized carbons (Fsp3) is 0.208. The Morgan fingerprint density at radius 1 is 1.12 bits per heavy atom. The molecular weight excluding hydrogens is 428 g/mol. The van der Waals surface area contributed by atoms with Crippen LogP contribution >= 0.6 is 0 Å². The van der Waals surface area contributed by atoms with Gasteiger partial charge in [0.05, 0.1) is 12.2 Å². The summed E-state index contributed by atoms with van der Waals surface area (Å²) in [6, 6.07) is 6.01. The molecule has 10 heteroatoms. The molecule has 6 heterocycles. The third-order valence-corrected chi connectivity index (χ3v) is 6.47. The minimum atomic E-state index is 0.416. The van der Waals surface area contributed by atoms with Crippen LogP contribution in [0.25, 0.3) is 10.8 Å². The van der Waals surface area contributed by atoms with Crippen LogP contribution in [-0.2, 0) is 19.5 Å². The van der Waals surface area contributed by atoms with Crippen molar-refractivity contribution >= 4 is 40.4 Å². The van der Waals surface area contributed by atoms with E-state index in [1.54, 1.807) is 12.5 Å². The number of nitrogens with one attached hydrogen (secondary N) is 1. The van der Waals surface area contributed by atoms with E-state index in [0.717, 1.165) is 58.0 Å². The Labute approximate surface area is 196 Å². The number of aromatic nitrogens is 6. The number of hydrogen-bond acceptors (Lipinski definition) is 8. The second-order valence-corrected chi connectivity index (χ2v) is 8.52. The van der Waals surface area contributed by atoms with Gasteiger partial charge in [-0.2, -0.15) is 5.10 Å². The summed E-state index contributed by atoms with van der Waals surface area (Å²) in [6.45, 7) is 9.53. The standard InChI is InChI=1S/C24H24N10/c1-14-15(2)28-13-33(16(14)3)22-9-17-8-20(27-11-19(17)24(25)30-22)29-21-10-18-4-6-32-7-5-26-23(32)12-34(18)31-21/h5,7-11,13H,2,4,6,12H2,1,3H3,(H2,25,30)(H,27,29,31). The highest BCUT2D eigenvalue weighted by atomic mass is 15.3. The number of rotatable bonds is 3. The molecule has 6 rings (SSSR count). The first-order valence-electron chi connectivity index (χ1n) is 11.1. The van der Waals surface area contributed by atoms with Crippen LogP contribution in [0.3, 0.4) is 0 Å². The van der Waals surface area contributed by atoms with E-state index in [9.17, 15) is 0 Å². The number of aliphatic imine (C=N–C) groups is 1. The Bertz CT molecular complexity index is 1520. The first-order chi connectivity index (χ1) is 16.5. The van der Waals surface area contributed by atoms with Crippen LogP contribution in [0.4, 0.5) is 23.3 Å². The van der Waals surface area contributed by atoms with Gasteiger partial charge in [-0.3, -0.25) is 9.58 Å². The summed E-state index contributed by atoms with van der Waals surface area (Å²) in [4.78, 5) is 19.9. The van der Waals surface area contributed by atoms with Gasteiger partial charge in [0.25, 0.3) is 0 Å². The Balaban J connectivity index is 1.31. The predicted molar refractivity (Wildman–Crippen MR) is 133 cm³/mol. The fourth-order valence-corrected chi connectivity index (χ4v) is 4.33. The topological polar surface area (TPSA) is 115 Å². The van der Waals surface area contributed by atoms with Crippen molar-refractivity contribution in [2.45, 2.75) is 33.4 Å². The number of nitrogen functional groups attached to an aromatic ring is 1. The zero-order valence-corrected chi connectivity index (χ0v) is 19.0. The van der Waals surface area contributed by atoms with E-state index in [-0.39, 0.29) is 0 Å². The monoisotopic (exact) mass is 452 g/mol. The fourth-order valence-electron chi connectivity index (χ4n) is 4.33.